The highest BCUT2D eigenvalue weighted by Crippen LogP contribution is 2.41. The fourth-order valence-electron chi connectivity index (χ4n) is 4.89. The number of aromatic nitrogens is 2. The smallest absolute Gasteiger partial charge is 0.236 e. The topological polar surface area (TPSA) is 59.8 Å². The molecule has 0 saturated carbocycles. The number of benzene rings is 1. The van der Waals surface area contributed by atoms with E-state index >= 15 is 0 Å². The average Bonchev–Trinajstić information content (AvgIpc) is 3.32. The van der Waals surface area contributed by atoms with Gasteiger partial charge in [0.05, 0.1) is 7.11 Å². The molecule has 2 aliphatic rings. The van der Waals surface area contributed by atoms with Crippen molar-refractivity contribution in [2.24, 2.45) is 11.1 Å². The van der Waals surface area contributed by atoms with Crippen molar-refractivity contribution in [3.05, 3.63) is 78.9 Å². The number of ether oxygens (including phenoxy) is 1. The van der Waals surface area contributed by atoms with Crippen LogP contribution in [0.15, 0.2) is 78.5 Å². The fourth-order valence-corrected chi connectivity index (χ4v) is 4.89. The van der Waals surface area contributed by atoms with E-state index in [-0.39, 0.29) is 0 Å². The highest BCUT2D eigenvalue weighted by molar-refractivity contribution is 5.87. The highest BCUT2D eigenvalue weighted by atomic mass is 16.7. The number of piperidine rings is 1. The molecule has 3 heterocycles. The summed E-state index contributed by atoms with van der Waals surface area (Å²) in [5.74, 6) is 2.25. The van der Waals surface area contributed by atoms with Crippen molar-refractivity contribution in [1.29, 1.82) is 0 Å². The summed E-state index contributed by atoms with van der Waals surface area (Å²) in [5, 5.41) is 4.60. The van der Waals surface area contributed by atoms with Gasteiger partial charge in [0.1, 0.15) is 12.1 Å². The van der Waals surface area contributed by atoms with Crippen LogP contribution < -0.4 is 4.74 Å². The van der Waals surface area contributed by atoms with E-state index < -0.39 is 5.72 Å². The van der Waals surface area contributed by atoms with Gasteiger partial charge < -0.3 is 14.5 Å². The normalized spacial score (nSPS) is 20.6. The predicted molar refractivity (Wildman–Crippen MR) is 148 cm³/mol. The van der Waals surface area contributed by atoms with E-state index in [4.69, 9.17) is 9.57 Å². The zero-order valence-corrected chi connectivity index (χ0v) is 22.5. The molecule has 0 bridgehead atoms. The minimum Gasteiger partial charge on any atom is -0.496 e. The van der Waals surface area contributed by atoms with Crippen molar-refractivity contribution in [1.82, 2.24) is 14.9 Å². The second kappa shape index (κ2) is 12.5. The molecular weight excluding hydrogens is 448 g/mol. The molecule has 1 aromatic carbocycles. The maximum atomic E-state index is 6.12. The van der Waals surface area contributed by atoms with Crippen LogP contribution in [0.2, 0.25) is 0 Å². The summed E-state index contributed by atoms with van der Waals surface area (Å²) in [6, 6.07) is 6.38. The van der Waals surface area contributed by atoms with Crippen LogP contribution in [-0.2, 0) is 11.3 Å². The predicted octanol–water partition coefficient (Wildman–Crippen LogP) is 6.96. The zero-order valence-electron chi connectivity index (χ0n) is 22.5. The molecule has 0 spiro atoms. The van der Waals surface area contributed by atoms with E-state index in [0.717, 1.165) is 72.5 Å². The van der Waals surface area contributed by atoms with Crippen molar-refractivity contribution in [2.45, 2.75) is 65.5 Å². The number of rotatable bonds is 9. The van der Waals surface area contributed by atoms with Gasteiger partial charge in [0.15, 0.2) is 5.84 Å². The summed E-state index contributed by atoms with van der Waals surface area (Å²) in [6.45, 7) is 17.3. The summed E-state index contributed by atoms with van der Waals surface area (Å²) in [5.41, 5.74) is 4.50. The number of hydrogen-bond acceptors (Lipinski definition) is 6. The second-order valence-electron chi connectivity index (χ2n) is 9.07. The first kappa shape index (κ1) is 27.2. The van der Waals surface area contributed by atoms with Crippen molar-refractivity contribution >= 4 is 5.84 Å². The molecule has 6 nitrogen and oxygen atoms in total. The van der Waals surface area contributed by atoms with Gasteiger partial charge in [-0.2, -0.15) is 0 Å². The highest BCUT2D eigenvalue weighted by Gasteiger charge is 2.49. The SMILES string of the molecule is C=C(C)/C=C\C(=C)C1(CC)ON=C2C(CCc3ccc(-c4cncnc4)c(OC)c3)CCCN21.CC. The third-order valence-electron chi connectivity index (χ3n) is 6.77. The summed E-state index contributed by atoms with van der Waals surface area (Å²) in [6.07, 6.45) is 14.1. The average molecular weight is 489 g/mol. The fraction of sp³-hybridized carbons (Fsp3) is 0.433. The van der Waals surface area contributed by atoms with Gasteiger partial charge in [0, 0.05) is 48.0 Å². The van der Waals surface area contributed by atoms with Crippen LogP contribution >= 0.6 is 0 Å². The molecule has 1 fully saturated rings. The summed E-state index contributed by atoms with van der Waals surface area (Å²) in [4.78, 5) is 16.7. The van der Waals surface area contributed by atoms with Gasteiger partial charge in [-0.05, 0) is 44.2 Å². The number of oxime groups is 1. The van der Waals surface area contributed by atoms with Gasteiger partial charge in [-0.25, -0.2) is 9.97 Å². The first-order valence-corrected chi connectivity index (χ1v) is 13.0. The summed E-state index contributed by atoms with van der Waals surface area (Å²) in [7, 11) is 1.70. The molecule has 2 unspecified atom stereocenters. The Labute approximate surface area is 216 Å². The van der Waals surface area contributed by atoms with Gasteiger partial charge in [0.2, 0.25) is 5.72 Å². The number of nitrogens with zero attached hydrogens (tertiary/aromatic N) is 4. The molecule has 0 radical (unpaired) electrons. The molecule has 2 aliphatic heterocycles. The van der Waals surface area contributed by atoms with Crippen LogP contribution in [0.4, 0.5) is 0 Å². The quantitative estimate of drug-likeness (QED) is 0.357. The summed E-state index contributed by atoms with van der Waals surface area (Å²) >= 11 is 0. The maximum Gasteiger partial charge on any atom is 0.236 e. The second-order valence-corrected chi connectivity index (χ2v) is 9.07. The van der Waals surface area contributed by atoms with Crippen molar-refractivity contribution in [2.75, 3.05) is 13.7 Å². The number of aryl methyl sites for hydroxylation is 1. The van der Waals surface area contributed by atoms with Crippen molar-refractivity contribution < 1.29 is 9.57 Å². The van der Waals surface area contributed by atoms with Gasteiger partial charge >= 0.3 is 0 Å². The Balaban J connectivity index is 0.00000176. The molecule has 6 heteroatoms. The molecular formula is C30H40N4O2. The summed E-state index contributed by atoms with van der Waals surface area (Å²) < 4.78 is 5.68. The Kier molecular flexibility index (Phi) is 9.45. The van der Waals surface area contributed by atoms with Crippen LogP contribution in [0.1, 0.15) is 58.9 Å². The third kappa shape index (κ3) is 5.69. The lowest BCUT2D eigenvalue weighted by Crippen LogP contribution is -2.53. The lowest BCUT2D eigenvalue weighted by atomic mass is 9.87. The monoisotopic (exact) mass is 488 g/mol. The number of fused-ring (bicyclic) bond motifs is 1. The largest absolute Gasteiger partial charge is 0.496 e. The van der Waals surface area contributed by atoms with E-state index in [0.29, 0.717) is 5.92 Å². The van der Waals surface area contributed by atoms with E-state index in [9.17, 15) is 0 Å². The number of allylic oxidation sites excluding steroid dienone is 2. The maximum absolute atomic E-state index is 6.12. The van der Waals surface area contributed by atoms with E-state index in [2.05, 4.69) is 58.3 Å². The molecule has 192 valence electrons. The molecule has 0 N–H and O–H groups in total. The Bertz CT molecular complexity index is 1110. The van der Waals surface area contributed by atoms with Gasteiger partial charge in [-0.1, -0.05) is 68.9 Å². The molecule has 36 heavy (non-hydrogen) atoms. The van der Waals surface area contributed by atoms with E-state index in [1.165, 1.54) is 11.9 Å². The Morgan fingerprint density at radius 3 is 2.64 bits per heavy atom. The molecule has 1 saturated heterocycles. The molecule has 0 aliphatic carbocycles. The molecule has 1 aromatic heterocycles. The van der Waals surface area contributed by atoms with E-state index in [1.807, 2.05) is 32.9 Å². The minimum atomic E-state index is -0.595. The van der Waals surface area contributed by atoms with Gasteiger partial charge in [-0.15, -0.1) is 0 Å². The molecule has 2 atom stereocenters. The Morgan fingerprint density at radius 2 is 1.97 bits per heavy atom. The molecule has 2 aromatic rings. The standard InChI is InChI=1S/C28H34N4O2.C2H6/c1-6-28(21(4)10-9-20(2)3)32-15-7-8-23(27(32)31-34-28)13-11-22-12-14-25(26(16-22)33-5)24-17-29-19-30-18-24;1-2/h9-10,12,14,16-19,23H,2,4,6-8,11,13,15H2,1,3,5H3;1-2H3/b10-9-;. The lowest BCUT2D eigenvalue weighted by molar-refractivity contribution is -0.0704. The van der Waals surface area contributed by atoms with Crippen molar-refractivity contribution in [3.63, 3.8) is 0 Å². The van der Waals surface area contributed by atoms with Crippen LogP contribution in [0.3, 0.4) is 0 Å². The molecule has 0 amide bonds. The number of methoxy groups -OCH3 is 1. The number of hydrogen-bond donors (Lipinski definition) is 0. The zero-order chi connectivity index (χ0) is 26.1. The first-order valence-electron chi connectivity index (χ1n) is 13.0. The Morgan fingerprint density at radius 1 is 1.22 bits per heavy atom. The van der Waals surface area contributed by atoms with E-state index in [1.54, 1.807) is 19.5 Å². The van der Waals surface area contributed by atoms with Crippen LogP contribution in [-0.4, -0.2) is 40.1 Å². The van der Waals surface area contributed by atoms with Crippen LogP contribution in [0.25, 0.3) is 11.1 Å². The van der Waals surface area contributed by atoms with Crippen molar-refractivity contribution in [3.8, 4) is 16.9 Å². The van der Waals surface area contributed by atoms with Crippen LogP contribution in [0.5, 0.6) is 5.75 Å². The first-order chi connectivity index (χ1) is 17.5. The van der Waals surface area contributed by atoms with Gasteiger partial charge in [0.25, 0.3) is 0 Å². The minimum absolute atomic E-state index is 0.355. The Hall–Kier alpha value is -3.41. The lowest BCUT2D eigenvalue weighted by Gasteiger charge is -2.41. The van der Waals surface area contributed by atoms with Crippen LogP contribution in [0, 0.1) is 5.92 Å². The third-order valence-corrected chi connectivity index (χ3v) is 6.77. The van der Waals surface area contributed by atoms with Gasteiger partial charge in [-0.3, -0.25) is 0 Å². The number of amidine groups is 1. The molecule has 4 rings (SSSR count).